The van der Waals surface area contributed by atoms with Crippen LogP contribution in [0.4, 0.5) is 10.5 Å². The number of amides is 1. The minimum atomic E-state index is -1.01. The predicted octanol–water partition coefficient (Wildman–Crippen LogP) is 6.74. The van der Waals surface area contributed by atoms with Crippen LogP contribution in [0.5, 0.6) is 5.75 Å². The fourth-order valence-corrected chi connectivity index (χ4v) is 4.33. The Hall–Kier alpha value is -1.97. The number of allylic oxidation sites excluding steroid dienone is 1. The lowest BCUT2D eigenvalue weighted by molar-refractivity contribution is -0.131. The molecule has 2 rings (SSSR count). The van der Waals surface area contributed by atoms with Crippen LogP contribution in [0.3, 0.4) is 0 Å². The molecule has 0 aliphatic carbocycles. The van der Waals surface area contributed by atoms with Crippen molar-refractivity contribution in [1.82, 2.24) is 0 Å². The molecular weight excluding hydrogens is 538 g/mol. The van der Waals surface area contributed by atoms with Crippen LogP contribution in [0.15, 0.2) is 62.4 Å². The van der Waals surface area contributed by atoms with Crippen LogP contribution in [0, 0.1) is 0 Å². The molecule has 1 amide bonds. The van der Waals surface area contributed by atoms with Crippen LogP contribution < -0.4 is 5.32 Å². The molecule has 2 aromatic rings. The van der Waals surface area contributed by atoms with Gasteiger partial charge in [0.05, 0.1) is 4.47 Å². The highest BCUT2D eigenvalue weighted by Gasteiger charge is 2.22. The van der Waals surface area contributed by atoms with E-state index in [1.54, 1.807) is 42.1 Å². The van der Waals surface area contributed by atoms with Gasteiger partial charge in [0.25, 0.3) is 0 Å². The van der Waals surface area contributed by atoms with Gasteiger partial charge in [-0.05, 0) is 77.8 Å². The van der Waals surface area contributed by atoms with E-state index in [1.165, 1.54) is 0 Å². The van der Waals surface area contributed by atoms with Gasteiger partial charge in [-0.1, -0.05) is 22.0 Å². The monoisotopic (exact) mass is 557 g/mol. The van der Waals surface area contributed by atoms with Gasteiger partial charge >= 0.3 is 12.1 Å². The van der Waals surface area contributed by atoms with E-state index in [-0.39, 0.29) is 5.75 Å². The summed E-state index contributed by atoms with van der Waals surface area (Å²) in [5.74, 6) is -1.02. The first-order valence-electron chi connectivity index (χ1n) is 8.99. The molecule has 0 aliphatic heterocycles. The molecule has 0 aliphatic rings. The Morgan fingerprint density at radius 3 is 2.57 bits per heavy atom. The van der Waals surface area contributed by atoms with Gasteiger partial charge in [0, 0.05) is 26.7 Å². The maximum absolute atomic E-state index is 12.5. The number of rotatable bonds is 9. The van der Waals surface area contributed by atoms with Crippen molar-refractivity contribution in [2.75, 3.05) is 11.6 Å². The van der Waals surface area contributed by atoms with Gasteiger partial charge < -0.3 is 14.9 Å². The zero-order chi connectivity index (χ0) is 22.1. The summed E-state index contributed by atoms with van der Waals surface area (Å²) in [4.78, 5) is 24.1. The Morgan fingerprint density at radius 1 is 1.23 bits per heavy atom. The van der Waals surface area contributed by atoms with Crippen molar-refractivity contribution in [2.24, 2.45) is 0 Å². The molecule has 9 heteroatoms. The molecule has 0 bridgehead atoms. The maximum Gasteiger partial charge on any atom is 0.412 e. The van der Waals surface area contributed by atoms with Crippen molar-refractivity contribution in [1.29, 1.82) is 0 Å². The topological polar surface area (TPSA) is 95.9 Å². The molecular formula is C21H21Br2NO5S. The number of carbonyl (C=O) groups is 2. The summed E-state index contributed by atoms with van der Waals surface area (Å²) in [5.41, 5.74) is 1.05. The Balaban J connectivity index is 2.13. The van der Waals surface area contributed by atoms with E-state index >= 15 is 0 Å². The minimum absolute atomic E-state index is 0.0126. The fraction of sp³-hybridized carbons (Fsp3) is 0.238. The smallest absolute Gasteiger partial charge is 0.412 e. The molecule has 3 N–H and O–H groups in total. The average Bonchev–Trinajstić information content (AvgIpc) is 2.70. The number of unbranched alkanes of at least 4 members (excludes halogenated alkanes) is 1. The van der Waals surface area contributed by atoms with Crippen LogP contribution in [0.1, 0.15) is 30.9 Å². The maximum atomic E-state index is 12.5. The number of hydrogen-bond donors (Lipinski definition) is 3. The van der Waals surface area contributed by atoms with Gasteiger partial charge in [0.1, 0.15) is 11.9 Å². The second-order valence-corrected chi connectivity index (χ2v) is 8.89. The largest absolute Gasteiger partial charge is 0.506 e. The van der Waals surface area contributed by atoms with Crippen molar-refractivity contribution >= 4 is 61.4 Å². The SMILES string of the molecule is CSc1ccc(NC(=O)O[C@H](CCC/C=C/C(=O)O)c2cc(Br)cc(Br)c2O)cc1. The minimum Gasteiger partial charge on any atom is -0.506 e. The van der Waals surface area contributed by atoms with Crippen molar-refractivity contribution < 1.29 is 24.5 Å². The number of carbonyl (C=O) groups excluding carboxylic acids is 1. The Labute approximate surface area is 196 Å². The summed E-state index contributed by atoms with van der Waals surface area (Å²) in [6.45, 7) is 0. The second-order valence-electron chi connectivity index (χ2n) is 6.24. The summed E-state index contributed by atoms with van der Waals surface area (Å²) in [6.07, 6.45) is 4.69. The predicted molar refractivity (Wildman–Crippen MR) is 125 cm³/mol. The lowest BCUT2D eigenvalue weighted by atomic mass is 10.0. The zero-order valence-electron chi connectivity index (χ0n) is 16.1. The third-order valence-corrected chi connectivity index (χ3v) is 5.89. The molecule has 0 aromatic heterocycles. The molecule has 0 saturated carbocycles. The van der Waals surface area contributed by atoms with Crippen molar-refractivity contribution in [3.8, 4) is 5.75 Å². The summed E-state index contributed by atoms with van der Waals surface area (Å²) >= 11 is 8.28. The van der Waals surface area contributed by atoms with Crippen molar-refractivity contribution in [3.05, 3.63) is 63.1 Å². The number of aliphatic carboxylic acids is 1. The van der Waals surface area contributed by atoms with E-state index in [4.69, 9.17) is 9.84 Å². The van der Waals surface area contributed by atoms with Crippen LogP contribution in [-0.4, -0.2) is 28.5 Å². The number of halogens is 2. The highest BCUT2D eigenvalue weighted by Crippen LogP contribution is 2.38. The number of hydrogen-bond acceptors (Lipinski definition) is 5. The molecule has 0 unspecified atom stereocenters. The van der Waals surface area contributed by atoms with E-state index in [2.05, 4.69) is 37.2 Å². The first kappa shape index (κ1) is 24.3. The summed E-state index contributed by atoms with van der Waals surface area (Å²) in [5, 5.41) is 21.8. The molecule has 1 atom stereocenters. The van der Waals surface area contributed by atoms with Crippen LogP contribution >= 0.6 is 43.6 Å². The number of carboxylic acid groups (broad SMARTS) is 1. The van der Waals surface area contributed by atoms with Crippen molar-refractivity contribution in [2.45, 2.75) is 30.3 Å². The van der Waals surface area contributed by atoms with Crippen LogP contribution in [0.25, 0.3) is 0 Å². The summed E-state index contributed by atoms with van der Waals surface area (Å²) < 4.78 is 6.81. The number of carboxylic acids is 1. The molecule has 6 nitrogen and oxygen atoms in total. The summed E-state index contributed by atoms with van der Waals surface area (Å²) in [7, 11) is 0. The average molecular weight is 559 g/mol. The van der Waals surface area contributed by atoms with Gasteiger partial charge in [-0.3, -0.25) is 5.32 Å². The van der Waals surface area contributed by atoms with Gasteiger partial charge in [-0.2, -0.15) is 0 Å². The lowest BCUT2D eigenvalue weighted by Crippen LogP contribution is -2.18. The molecule has 0 heterocycles. The number of benzene rings is 2. The highest BCUT2D eigenvalue weighted by molar-refractivity contribution is 9.11. The Bertz CT molecular complexity index is 918. The number of thioether (sulfide) groups is 1. The zero-order valence-corrected chi connectivity index (χ0v) is 20.1. The van der Waals surface area contributed by atoms with E-state index in [0.29, 0.717) is 35.0 Å². The number of aromatic hydroxyl groups is 1. The standard InChI is InChI=1S/C21H21Br2NO5S/c1-30-15-9-7-14(8-10-15)24-21(28)29-18(5-3-2-4-6-19(25)26)16-11-13(22)12-17(23)20(16)27/h4,6-12,18,27H,2-3,5H2,1H3,(H,24,28)(H,25,26)/b6-4+/t18-/m1/s1. The molecule has 2 aromatic carbocycles. The van der Waals surface area contributed by atoms with E-state index < -0.39 is 18.2 Å². The normalized spacial score (nSPS) is 12.0. The first-order valence-corrected chi connectivity index (χ1v) is 11.8. The van der Waals surface area contributed by atoms with E-state index in [9.17, 15) is 14.7 Å². The molecule has 0 spiro atoms. The van der Waals surface area contributed by atoms with Gasteiger partial charge in [-0.15, -0.1) is 11.8 Å². The number of phenols is 1. The molecule has 0 saturated heterocycles. The van der Waals surface area contributed by atoms with Crippen LogP contribution in [0.2, 0.25) is 0 Å². The van der Waals surface area contributed by atoms with Gasteiger partial charge in [0.15, 0.2) is 0 Å². The Morgan fingerprint density at radius 2 is 1.93 bits per heavy atom. The summed E-state index contributed by atoms with van der Waals surface area (Å²) in [6, 6.07) is 10.7. The third-order valence-electron chi connectivity index (χ3n) is 4.09. The Kier molecular flexibility index (Phi) is 9.74. The second kappa shape index (κ2) is 12.0. The molecule has 0 radical (unpaired) electrons. The number of nitrogens with one attached hydrogen (secondary N) is 1. The van der Waals surface area contributed by atoms with E-state index in [0.717, 1.165) is 15.4 Å². The first-order chi connectivity index (χ1) is 14.3. The van der Waals surface area contributed by atoms with Gasteiger partial charge in [0.2, 0.25) is 0 Å². The lowest BCUT2D eigenvalue weighted by Gasteiger charge is -2.20. The number of phenolic OH excluding ortho intramolecular Hbond substituents is 1. The van der Waals surface area contributed by atoms with Crippen LogP contribution in [-0.2, 0) is 9.53 Å². The molecule has 30 heavy (non-hydrogen) atoms. The highest BCUT2D eigenvalue weighted by atomic mass is 79.9. The van der Waals surface area contributed by atoms with E-state index in [1.807, 2.05) is 18.4 Å². The quantitative estimate of drug-likeness (QED) is 0.179. The molecule has 160 valence electrons. The van der Waals surface area contributed by atoms with Crippen molar-refractivity contribution in [3.63, 3.8) is 0 Å². The fourth-order valence-electron chi connectivity index (χ4n) is 2.67. The van der Waals surface area contributed by atoms with Gasteiger partial charge in [-0.25, -0.2) is 9.59 Å². The number of anilines is 1. The number of ether oxygens (including phenoxy) is 1. The molecule has 0 fully saturated rings. The third kappa shape index (κ3) is 7.70.